The molecule has 0 heterocycles. The van der Waals surface area contributed by atoms with Crippen molar-refractivity contribution < 1.29 is 19.4 Å². The van der Waals surface area contributed by atoms with Crippen LogP contribution in [-0.2, 0) is 9.53 Å². The van der Waals surface area contributed by atoms with E-state index in [1.54, 1.807) is 0 Å². The summed E-state index contributed by atoms with van der Waals surface area (Å²) in [4.78, 5) is 23.4. The number of carbonyl (C=O) groups is 2. The van der Waals surface area contributed by atoms with E-state index in [1.165, 1.54) is 7.11 Å². The molecule has 4 atom stereocenters. The number of carbonyl (C=O) groups excluding carboxylic acids is 2. The molecule has 0 spiro atoms. The van der Waals surface area contributed by atoms with Crippen molar-refractivity contribution in [1.29, 1.82) is 0 Å². The molecular formula is C16H21NO4. The predicted octanol–water partition coefficient (Wildman–Crippen LogP) is 1.71. The number of benzene rings is 1. The Kier molecular flexibility index (Phi) is 4.63. The van der Waals surface area contributed by atoms with Crippen molar-refractivity contribution in [3.63, 3.8) is 0 Å². The lowest BCUT2D eigenvalue weighted by Crippen LogP contribution is -2.48. The Morgan fingerprint density at radius 2 is 1.90 bits per heavy atom. The smallest absolute Gasteiger partial charge is 0.407 e. The quantitative estimate of drug-likeness (QED) is 0.866. The number of amides is 1. The highest BCUT2D eigenvalue weighted by atomic mass is 16.5. The molecule has 114 valence electrons. The predicted molar refractivity (Wildman–Crippen MR) is 77.9 cm³/mol. The van der Waals surface area contributed by atoms with E-state index < -0.39 is 24.2 Å². The van der Waals surface area contributed by atoms with Gasteiger partial charge in [-0.3, -0.25) is 4.79 Å². The summed E-state index contributed by atoms with van der Waals surface area (Å²) in [5.41, 5.74) is 0.909. The van der Waals surface area contributed by atoms with Crippen LogP contribution in [0.4, 0.5) is 4.79 Å². The van der Waals surface area contributed by atoms with E-state index >= 15 is 0 Å². The van der Waals surface area contributed by atoms with Gasteiger partial charge in [0, 0.05) is 0 Å². The summed E-state index contributed by atoms with van der Waals surface area (Å²) in [7, 11) is 1.27. The van der Waals surface area contributed by atoms with Gasteiger partial charge in [-0.2, -0.15) is 0 Å². The van der Waals surface area contributed by atoms with Gasteiger partial charge >= 0.3 is 6.09 Å². The molecule has 5 heteroatoms. The maximum absolute atomic E-state index is 12.0. The van der Waals surface area contributed by atoms with Crippen LogP contribution in [0.1, 0.15) is 25.3 Å². The van der Waals surface area contributed by atoms with E-state index in [9.17, 15) is 14.7 Å². The number of rotatable bonds is 5. The summed E-state index contributed by atoms with van der Waals surface area (Å²) in [6.07, 6.45) is -1.51. The van der Waals surface area contributed by atoms with Gasteiger partial charge in [0.05, 0.1) is 31.1 Å². The summed E-state index contributed by atoms with van der Waals surface area (Å²) in [5.74, 6) is -0.728. The average molecular weight is 291 g/mol. The van der Waals surface area contributed by atoms with Crippen LogP contribution in [0.2, 0.25) is 0 Å². The third-order valence-corrected chi connectivity index (χ3v) is 3.97. The molecule has 1 fully saturated rings. The Labute approximate surface area is 124 Å². The zero-order valence-electron chi connectivity index (χ0n) is 12.4. The fourth-order valence-corrected chi connectivity index (χ4v) is 2.72. The highest BCUT2D eigenvalue weighted by Crippen LogP contribution is 2.46. The average Bonchev–Trinajstić information content (AvgIpc) is 3.15. The van der Waals surface area contributed by atoms with Crippen LogP contribution >= 0.6 is 0 Å². The number of hydrogen-bond acceptors (Lipinski definition) is 4. The van der Waals surface area contributed by atoms with Crippen LogP contribution in [0.25, 0.3) is 0 Å². The van der Waals surface area contributed by atoms with Crippen molar-refractivity contribution in [2.24, 2.45) is 11.8 Å². The van der Waals surface area contributed by atoms with Gasteiger partial charge in [0.1, 0.15) is 5.78 Å². The largest absolute Gasteiger partial charge is 0.453 e. The minimum absolute atomic E-state index is 0.0103. The molecule has 0 saturated heterocycles. The highest BCUT2D eigenvalue weighted by Gasteiger charge is 2.56. The molecule has 1 amide bonds. The minimum atomic E-state index is -0.915. The third-order valence-electron chi connectivity index (χ3n) is 3.97. The van der Waals surface area contributed by atoms with E-state index in [4.69, 9.17) is 0 Å². The van der Waals surface area contributed by atoms with Gasteiger partial charge in [-0.25, -0.2) is 4.79 Å². The molecule has 0 aliphatic heterocycles. The van der Waals surface area contributed by atoms with Crippen LogP contribution in [0.15, 0.2) is 30.3 Å². The van der Waals surface area contributed by atoms with Crippen molar-refractivity contribution in [2.45, 2.75) is 31.9 Å². The lowest BCUT2D eigenvalue weighted by atomic mass is 9.93. The number of Topliss-reactive ketones (excluding diaryl/α,β-unsaturated/α-hetero) is 1. The Morgan fingerprint density at radius 3 is 2.43 bits per heavy atom. The molecule has 0 aromatic heterocycles. The van der Waals surface area contributed by atoms with Crippen LogP contribution in [0.5, 0.6) is 0 Å². The lowest BCUT2D eigenvalue weighted by molar-refractivity contribution is -0.112. The fraction of sp³-hybridized carbons (Fsp3) is 0.500. The molecule has 21 heavy (non-hydrogen) atoms. The van der Waals surface area contributed by atoms with Crippen molar-refractivity contribution in [3.05, 3.63) is 35.9 Å². The van der Waals surface area contributed by atoms with Gasteiger partial charge in [0.15, 0.2) is 0 Å². The zero-order chi connectivity index (χ0) is 15.6. The summed E-state index contributed by atoms with van der Waals surface area (Å²) >= 11 is 0. The molecule has 0 radical (unpaired) electrons. The van der Waals surface area contributed by atoms with E-state index in [0.717, 1.165) is 5.56 Å². The molecule has 1 saturated carbocycles. The molecule has 3 unspecified atom stereocenters. The number of methoxy groups -OCH3 is 1. The standard InChI is InChI=1S/C16H21NO4/c1-9(2)13(17-16(20)21-3)15(19)12-11(14(12)18)10-7-5-4-6-8-10/h4-9,11-13,15,19H,1-3H3,(H,17,20)/t11?,12?,13-,15?/m0/s1. The first-order chi connectivity index (χ1) is 9.97. The lowest BCUT2D eigenvalue weighted by Gasteiger charge is -2.26. The summed E-state index contributed by atoms with van der Waals surface area (Å²) in [6.45, 7) is 3.77. The van der Waals surface area contributed by atoms with Gasteiger partial charge in [-0.15, -0.1) is 0 Å². The topological polar surface area (TPSA) is 75.6 Å². The van der Waals surface area contributed by atoms with Crippen LogP contribution in [-0.4, -0.2) is 36.2 Å². The monoisotopic (exact) mass is 291 g/mol. The van der Waals surface area contributed by atoms with Crippen molar-refractivity contribution in [3.8, 4) is 0 Å². The maximum atomic E-state index is 12.0. The SMILES string of the molecule is COC(=O)N[C@@H](C(C)C)C(O)C1C(=O)C1c1ccccc1. The van der Waals surface area contributed by atoms with Gasteiger partial charge in [-0.1, -0.05) is 44.2 Å². The van der Waals surface area contributed by atoms with Crippen molar-refractivity contribution in [1.82, 2.24) is 5.32 Å². The minimum Gasteiger partial charge on any atom is -0.453 e. The first-order valence-corrected chi connectivity index (χ1v) is 7.08. The Hall–Kier alpha value is -1.88. The van der Waals surface area contributed by atoms with Crippen LogP contribution < -0.4 is 5.32 Å². The fourth-order valence-electron chi connectivity index (χ4n) is 2.72. The number of alkyl carbamates (subject to hydrolysis) is 1. The van der Waals surface area contributed by atoms with Gasteiger partial charge in [0.25, 0.3) is 0 Å². The second-order valence-corrected chi connectivity index (χ2v) is 5.71. The molecule has 1 aromatic rings. The van der Waals surface area contributed by atoms with Crippen LogP contribution in [0.3, 0.4) is 0 Å². The number of ketones is 1. The number of aliphatic hydroxyl groups excluding tert-OH is 1. The molecule has 5 nitrogen and oxygen atoms in total. The van der Waals surface area contributed by atoms with E-state index in [-0.39, 0.29) is 17.6 Å². The van der Waals surface area contributed by atoms with Gasteiger partial charge in [-0.05, 0) is 11.5 Å². The number of nitrogens with one attached hydrogen (secondary N) is 1. The normalized spacial score (nSPS) is 23.6. The number of ether oxygens (including phenoxy) is 1. The molecule has 1 aromatic carbocycles. The van der Waals surface area contributed by atoms with Crippen LogP contribution in [0, 0.1) is 11.8 Å². The molecule has 1 aliphatic carbocycles. The zero-order valence-corrected chi connectivity index (χ0v) is 12.4. The summed E-state index contributed by atoms with van der Waals surface area (Å²) < 4.78 is 4.57. The van der Waals surface area contributed by atoms with Crippen molar-refractivity contribution >= 4 is 11.9 Å². The first kappa shape index (κ1) is 15.5. The third kappa shape index (κ3) is 3.24. The van der Waals surface area contributed by atoms with E-state index in [2.05, 4.69) is 10.1 Å². The molecule has 1 aliphatic rings. The number of hydrogen-bond donors (Lipinski definition) is 2. The number of aliphatic hydroxyl groups is 1. The molecule has 2 N–H and O–H groups in total. The highest BCUT2D eigenvalue weighted by molar-refractivity contribution is 6.05. The summed E-state index contributed by atoms with van der Waals surface area (Å²) in [5, 5.41) is 13.1. The Morgan fingerprint density at radius 1 is 1.29 bits per heavy atom. The van der Waals surface area contributed by atoms with Crippen molar-refractivity contribution in [2.75, 3.05) is 7.11 Å². The Balaban J connectivity index is 2.10. The maximum Gasteiger partial charge on any atom is 0.407 e. The second-order valence-electron chi connectivity index (χ2n) is 5.71. The van der Waals surface area contributed by atoms with Gasteiger partial charge in [0.2, 0.25) is 0 Å². The first-order valence-electron chi connectivity index (χ1n) is 7.08. The molecule has 0 bridgehead atoms. The van der Waals surface area contributed by atoms with E-state index in [0.29, 0.717) is 0 Å². The second kappa shape index (κ2) is 6.26. The molecular weight excluding hydrogens is 270 g/mol. The van der Waals surface area contributed by atoms with Gasteiger partial charge < -0.3 is 15.2 Å². The Bertz CT molecular complexity index is 514. The summed E-state index contributed by atoms with van der Waals surface area (Å²) in [6, 6.07) is 8.88. The molecule has 2 rings (SSSR count). The van der Waals surface area contributed by atoms with E-state index in [1.807, 2.05) is 44.2 Å².